The van der Waals surface area contributed by atoms with Crippen LogP contribution in [0.15, 0.2) is 24.4 Å². The summed E-state index contributed by atoms with van der Waals surface area (Å²) < 4.78 is 27.5. The third-order valence-corrected chi connectivity index (χ3v) is 2.08. The SMILES string of the molecule is COS(=O)(=O)OC.Clc1ccccn1. The molecule has 1 aromatic rings. The number of hydrogen-bond acceptors (Lipinski definition) is 5. The Kier molecular flexibility index (Phi) is 6.39. The Balaban J connectivity index is 0.000000241. The van der Waals surface area contributed by atoms with Crippen LogP contribution in [0, 0.1) is 0 Å². The van der Waals surface area contributed by atoms with Gasteiger partial charge in [-0.1, -0.05) is 17.7 Å². The van der Waals surface area contributed by atoms with Gasteiger partial charge in [0.15, 0.2) is 0 Å². The summed E-state index contributed by atoms with van der Waals surface area (Å²) >= 11 is 5.43. The van der Waals surface area contributed by atoms with Gasteiger partial charge in [0.2, 0.25) is 0 Å². The van der Waals surface area contributed by atoms with Gasteiger partial charge in [-0.25, -0.2) is 4.98 Å². The summed E-state index contributed by atoms with van der Waals surface area (Å²) in [6.07, 6.45) is 1.66. The third-order valence-electron chi connectivity index (χ3n) is 1.04. The van der Waals surface area contributed by atoms with Gasteiger partial charge in [0.05, 0.1) is 14.2 Å². The molecule has 0 saturated heterocycles. The van der Waals surface area contributed by atoms with Crippen LogP contribution in [0.3, 0.4) is 0 Å². The molecule has 7 heteroatoms. The van der Waals surface area contributed by atoms with Crippen molar-refractivity contribution in [3.05, 3.63) is 29.5 Å². The van der Waals surface area contributed by atoms with Gasteiger partial charge in [0.25, 0.3) is 0 Å². The number of pyridine rings is 1. The van der Waals surface area contributed by atoms with Gasteiger partial charge >= 0.3 is 10.4 Å². The highest BCUT2D eigenvalue weighted by atomic mass is 35.5. The van der Waals surface area contributed by atoms with Crippen molar-refractivity contribution in [3.8, 4) is 0 Å². The van der Waals surface area contributed by atoms with E-state index in [0.717, 1.165) is 14.2 Å². The standard InChI is InChI=1S/C5H4ClN.C2H6O4S/c6-5-3-1-2-4-7-5;1-5-7(3,4)6-2/h1-4H;1-2H3. The number of hydrogen-bond donors (Lipinski definition) is 0. The summed E-state index contributed by atoms with van der Waals surface area (Å²) in [6, 6.07) is 5.41. The van der Waals surface area contributed by atoms with Crippen molar-refractivity contribution >= 4 is 22.0 Å². The molecule has 1 rings (SSSR count). The molecule has 0 amide bonds. The molecule has 0 N–H and O–H groups in total. The highest BCUT2D eigenvalue weighted by molar-refractivity contribution is 7.81. The molecule has 0 aliphatic heterocycles. The second kappa shape index (κ2) is 6.72. The highest BCUT2D eigenvalue weighted by Crippen LogP contribution is 1.98. The van der Waals surface area contributed by atoms with E-state index in [-0.39, 0.29) is 0 Å². The number of halogens is 1. The smallest absolute Gasteiger partial charge is 0.252 e. The Morgan fingerprint density at radius 3 is 2.00 bits per heavy atom. The van der Waals surface area contributed by atoms with Crippen LogP contribution in [-0.4, -0.2) is 27.6 Å². The average molecular weight is 240 g/mol. The monoisotopic (exact) mass is 239 g/mol. The molecule has 0 bridgehead atoms. The van der Waals surface area contributed by atoms with Gasteiger partial charge in [0, 0.05) is 6.20 Å². The van der Waals surface area contributed by atoms with Crippen molar-refractivity contribution in [2.75, 3.05) is 14.2 Å². The van der Waals surface area contributed by atoms with Gasteiger partial charge in [-0.05, 0) is 12.1 Å². The minimum atomic E-state index is -3.66. The molecule has 0 radical (unpaired) electrons. The first kappa shape index (κ1) is 13.3. The summed E-state index contributed by atoms with van der Waals surface area (Å²) in [5, 5.41) is 0.544. The van der Waals surface area contributed by atoms with Crippen LogP contribution in [0.25, 0.3) is 0 Å². The normalized spacial score (nSPS) is 10.2. The first-order valence-electron chi connectivity index (χ1n) is 3.44. The van der Waals surface area contributed by atoms with E-state index < -0.39 is 10.4 Å². The molecular weight excluding hydrogens is 230 g/mol. The van der Waals surface area contributed by atoms with Gasteiger partial charge in [-0.2, -0.15) is 8.42 Å². The molecule has 1 heterocycles. The van der Waals surface area contributed by atoms with Crippen molar-refractivity contribution < 1.29 is 16.8 Å². The maximum absolute atomic E-state index is 9.92. The minimum Gasteiger partial charge on any atom is -0.252 e. The molecule has 80 valence electrons. The van der Waals surface area contributed by atoms with E-state index in [1.807, 2.05) is 12.1 Å². The quantitative estimate of drug-likeness (QED) is 0.727. The van der Waals surface area contributed by atoms with E-state index >= 15 is 0 Å². The zero-order valence-electron chi connectivity index (χ0n) is 7.68. The first-order valence-corrected chi connectivity index (χ1v) is 5.15. The van der Waals surface area contributed by atoms with Crippen molar-refractivity contribution in [2.24, 2.45) is 0 Å². The molecule has 0 aliphatic rings. The Morgan fingerprint density at radius 2 is 1.86 bits per heavy atom. The second-order valence-corrected chi connectivity index (χ2v) is 3.76. The summed E-state index contributed by atoms with van der Waals surface area (Å²) in [4.78, 5) is 3.74. The zero-order valence-corrected chi connectivity index (χ0v) is 9.25. The fraction of sp³-hybridized carbons (Fsp3) is 0.286. The minimum absolute atomic E-state index is 0.544. The van der Waals surface area contributed by atoms with E-state index in [4.69, 9.17) is 11.6 Å². The van der Waals surface area contributed by atoms with Crippen molar-refractivity contribution in [3.63, 3.8) is 0 Å². The number of rotatable bonds is 2. The molecular formula is C7H10ClNO4S. The van der Waals surface area contributed by atoms with Crippen LogP contribution in [0.2, 0.25) is 5.15 Å². The topological polar surface area (TPSA) is 65.5 Å². The molecule has 5 nitrogen and oxygen atoms in total. The Morgan fingerprint density at radius 1 is 1.29 bits per heavy atom. The number of aromatic nitrogens is 1. The lowest BCUT2D eigenvalue weighted by molar-refractivity contribution is 0.286. The van der Waals surface area contributed by atoms with Gasteiger partial charge in [-0.15, -0.1) is 0 Å². The van der Waals surface area contributed by atoms with Gasteiger partial charge in [0.1, 0.15) is 5.15 Å². The summed E-state index contributed by atoms with van der Waals surface area (Å²) in [7, 11) is -1.60. The molecule has 0 unspecified atom stereocenters. The van der Waals surface area contributed by atoms with Crippen LogP contribution < -0.4 is 0 Å². The molecule has 14 heavy (non-hydrogen) atoms. The number of nitrogens with zero attached hydrogens (tertiary/aromatic N) is 1. The molecule has 1 aromatic heterocycles. The summed E-state index contributed by atoms with van der Waals surface area (Å²) in [6.45, 7) is 0. The lowest BCUT2D eigenvalue weighted by Crippen LogP contribution is -2.02. The van der Waals surface area contributed by atoms with Crippen LogP contribution in [-0.2, 0) is 18.8 Å². The van der Waals surface area contributed by atoms with Crippen molar-refractivity contribution in [1.82, 2.24) is 4.98 Å². The van der Waals surface area contributed by atoms with Crippen LogP contribution in [0.1, 0.15) is 0 Å². The van der Waals surface area contributed by atoms with E-state index in [1.54, 1.807) is 12.3 Å². The highest BCUT2D eigenvalue weighted by Gasteiger charge is 2.01. The second-order valence-electron chi connectivity index (χ2n) is 1.89. The predicted molar refractivity (Wildman–Crippen MR) is 52.2 cm³/mol. The summed E-state index contributed by atoms with van der Waals surface area (Å²) in [5.41, 5.74) is 0. The summed E-state index contributed by atoms with van der Waals surface area (Å²) in [5.74, 6) is 0. The third kappa shape index (κ3) is 6.79. The lowest BCUT2D eigenvalue weighted by Gasteiger charge is -1.91. The van der Waals surface area contributed by atoms with Crippen LogP contribution in [0.5, 0.6) is 0 Å². The maximum atomic E-state index is 9.92. The average Bonchev–Trinajstić information content (AvgIpc) is 2.20. The molecule has 0 aliphatic carbocycles. The van der Waals surface area contributed by atoms with Crippen LogP contribution >= 0.6 is 11.6 Å². The Hall–Kier alpha value is -0.690. The molecule has 0 aromatic carbocycles. The van der Waals surface area contributed by atoms with Crippen LogP contribution in [0.4, 0.5) is 0 Å². The lowest BCUT2D eigenvalue weighted by atomic mass is 10.5. The van der Waals surface area contributed by atoms with E-state index in [9.17, 15) is 8.42 Å². The molecule has 0 fully saturated rings. The first-order chi connectivity index (χ1) is 6.52. The fourth-order valence-corrected chi connectivity index (χ4v) is 0.675. The molecule has 0 spiro atoms. The predicted octanol–water partition coefficient (Wildman–Crippen LogP) is 1.26. The fourth-order valence-electron chi connectivity index (χ4n) is 0.410. The zero-order chi connectivity index (χ0) is 11.0. The Bertz CT molecular complexity index is 330. The maximum Gasteiger partial charge on any atom is 0.399 e. The van der Waals surface area contributed by atoms with E-state index in [1.165, 1.54) is 0 Å². The van der Waals surface area contributed by atoms with Gasteiger partial charge in [-0.3, -0.25) is 8.37 Å². The largest absolute Gasteiger partial charge is 0.399 e. The van der Waals surface area contributed by atoms with E-state index in [2.05, 4.69) is 13.4 Å². The van der Waals surface area contributed by atoms with E-state index in [0.29, 0.717) is 5.15 Å². The van der Waals surface area contributed by atoms with Crippen molar-refractivity contribution in [1.29, 1.82) is 0 Å². The van der Waals surface area contributed by atoms with Gasteiger partial charge < -0.3 is 0 Å². The molecule has 0 atom stereocenters. The Labute approximate surface area is 88.0 Å². The van der Waals surface area contributed by atoms with Crippen molar-refractivity contribution in [2.45, 2.75) is 0 Å². The molecule has 0 saturated carbocycles.